The van der Waals surface area contributed by atoms with E-state index in [0.29, 0.717) is 13.1 Å². The van der Waals surface area contributed by atoms with Crippen molar-refractivity contribution in [1.29, 1.82) is 0 Å². The number of sulfonamides is 1. The number of nitrogens with zero attached hydrogens (tertiary/aromatic N) is 1. The number of piperidine rings is 1. The van der Waals surface area contributed by atoms with Gasteiger partial charge in [0.15, 0.2) is 0 Å². The Bertz CT molecular complexity index is 930. The average molecular weight is 441 g/mol. The number of hydrogen-bond donors (Lipinski definition) is 1. The zero-order valence-corrected chi connectivity index (χ0v) is 17.6. The van der Waals surface area contributed by atoms with Crippen LogP contribution in [0.1, 0.15) is 24.8 Å². The van der Waals surface area contributed by atoms with E-state index in [1.807, 2.05) is 30.3 Å². The Hall–Kier alpha value is -1.60. The fourth-order valence-corrected chi connectivity index (χ4v) is 5.25. The molecule has 1 atom stereocenters. The fraction of sp³-hybridized carbons (Fsp3) is 0.350. The number of nitrogens with one attached hydrogen (secondary N) is 1. The van der Waals surface area contributed by atoms with Gasteiger partial charge in [0.25, 0.3) is 0 Å². The van der Waals surface area contributed by atoms with E-state index in [0.717, 1.165) is 24.8 Å². The first-order valence-corrected chi connectivity index (χ1v) is 11.4. The quantitative estimate of drug-likeness (QED) is 0.740. The molecule has 1 heterocycles. The maximum Gasteiger partial charge on any atom is 0.242 e. The Morgan fingerprint density at radius 2 is 1.71 bits per heavy atom. The summed E-state index contributed by atoms with van der Waals surface area (Å²) in [6.07, 6.45) is 3.19. The number of likely N-dealkylation sites (tertiary alicyclic amines) is 1. The number of rotatable bonds is 6. The van der Waals surface area contributed by atoms with Crippen LogP contribution in [-0.4, -0.2) is 38.4 Å². The second kappa shape index (κ2) is 9.27. The molecule has 0 bridgehead atoms. The van der Waals surface area contributed by atoms with E-state index in [1.54, 1.807) is 4.90 Å². The molecule has 1 N–H and O–H groups in total. The summed E-state index contributed by atoms with van der Waals surface area (Å²) < 4.78 is 28.5. The van der Waals surface area contributed by atoms with Gasteiger partial charge in [-0.1, -0.05) is 53.5 Å². The number of hydrogen-bond acceptors (Lipinski definition) is 3. The zero-order chi connectivity index (χ0) is 20.1. The third-order valence-corrected chi connectivity index (χ3v) is 6.92. The molecule has 0 spiro atoms. The molecule has 150 valence electrons. The van der Waals surface area contributed by atoms with Crippen LogP contribution in [0.5, 0.6) is 0 Å². The van der Waals surface area contributed by atoms with Crippen molar-refractivity contribution >= 4 is 39.1 Å². The topological polar surface area (TPSA) is 66.5 Å². The van der Waals surface area contributed by atoms with Crippen molar-refractivity contribution in [3.8, 4) is 0 Å². The van der Waals surface area contributed by atoms with Crippen molar-refractivity contribution in [2.75, 3.05) is 13.1 Å². The van der Waals surface area contributed by atoms with Crippen LogP contribution >= 0.6 is 23.2 Å². The minimum atomic E-state index is -4.03. The molecule has 1 aliphatic rings. The predicted molar refractivity (Wildman–Crippen MR) is 111 cm³/mol. The van der Waals surface area contributed by atoms with Gasteiger partial charge in [0.1, 0.15) is 10.9 Å². The smallest absolute Gasteiger partial charge is 0.242 e. The first-order chi connectivity index (χ1) is 13.4. The molecule has 5 nitrogen and oxygen atoms in total. The highest BCUT2D eigenvalue weighted by molar-refractivity contribution is 7.89. The number of carbonyl (C=O) groups is 1. The van der Waals surface area contributed by atoms with Gasteiger partial charge in [-0.25, -0.2) is 8.42 Å². The first kappa shape index (κ1) is 21.1. The van der Waals surface area contributed by atoms with Gasteiger partial charge in [0, 0.05) is 18.1 Å². The van der Waals surface area contributed by atoms with E-state index in [1.165, 1.54) is 18.2 Å². The Morgan fingerprint density at radius 3 is 2.39 bits per heavy atom. The molecule has 1 saturated heterocycles. The van der Waals surface area contributed by atoms with E-state index in [-0.39, 0.29) is 27.3 Å². The maximum absolute atomic E-state index is 13.1. The summed E-state index contributed by atoms with van der Waals surface area (Å²) >= 11 is 12.0. The van der Waals surface area contributed by atoms with Crippen molar-refractivity contribution in [1.82, 2.24) is 9.62 Å². The highest BCUT2D eigenvalue weighted by atomic mass is 35.5. The van der Waals surface area contributed by atoms with Crippen molar-refractivity contribution < 1.29 is 13.2 Å². The van der Waals surface area contributed by atoms with E-state index >= 15 is 0 Å². The van der Waals surface area contributed by atoms with Crippen molar-refractivity contribution in [2.24, 2.45) is 0 Å². The minimum absolute atomic E-state index is 0.0563. The zero-order valence-electron chi connectivity index (χ0n) is 15.3. The van der Waals surface area contributed by atoms with Gasteiger partial charge in [0.2, 0.25) is 15.9 Å². The van der Waals surface area contributed by atoms with Gasteiger partial charge >= 0.3 is 0 Å². The lowest BCUT2D eigenvalue weighted by molar-refractivity contribution is -0.133. The standard InChI is InChI=1S/C20H22Cl2N2O3S/c21-16-9-10-17(22)19(14-16)28(26,27)23-18(13-15-7-3-1-4-8-15)20(25)24-11-5-2-6-12-24/h1,3-4,7-10,14,18,23H,2,5-6,11-13H2/t18-/m0/s1. The third kappa shape index (κ3) is 5.26. The molecular formula is C20H22Cl2N2O3S. The Morgan fingerprint density at radius 1 is 1.04 bits per heavy atom. The summed E-state index contributed by atoms with van der Waals surface area (Å²) in [5, 5.41) is 0.313. The summed E-state index contributed by atoms with van der Waals surface area (Å²) in [7, 11) is -4.03. The molecule has 0 aromatic heterocycles. The highest BCUT2D eigenvalue weighted by Crippen LogP contribution is 2.25. The molecule has 0 aliphatic carbocycles. The lowest BCUT2D eigenvalue weighted by Crippen LogP contribution is -2.51. The van der Waals surface area contributed by atoms with Crippen LogP contribution in [0.4, 0.5) is 0 Å². The normalized spacial score (nSPS) is 16.0. The molecule has 1 amide bonds. The fourth-order valence-electron chi connectivity index (χ4n) is 3.30. The van der Waals surface area contributed by atoms with E-state index < -0.39 is 16.1 Å². The SMILES string of the molecule is O=C([C@H](Cc1ccccc1)NS(=O)(=O)c1cc(Cl)ccc1Cl)N1CCCCC1. The van der Waals surface area contributed by atoms with Gasteiger partial charge < -0.3 is 4.90 Å². The molecular weight excluding hydrogens is 419 g/mol. The van der Waals surface area contributed by atoms with Crippen LogP contribution in [0.25, 0.3) is 0 Å². The van der Waals surface area contributed by atoms with Crippen molar-refractivity contribution in [3.05, 3.63) is 64.1 Å². The summed E-state index contributed by atoms with van der Waals surface area (Å²) in [6, 6.07) is 12.7. The lowest BCUT2D eigenvalue weighted by Gasteiger charge is -2.30. The van der Waals surface area contributed by atoms with E-state index in [2.05, 4.69) is 4.72 Å². The molecule has 0 radical (unpaired) electrons. The molecule has 2 aromatic rings. The third-order valence-electron chi connectivity index (χ3n) is 4.73. The minimum Gasteiger partial charge on any atom is -0.341 e. The van der Waals surface area contributed by atoms with Crippen molar-refractivity contribution in [2.45, 2.75) is 36.6 Å². The molecule has 28 heavy (non-hydrogen) atoms. The summed E-state index contributed by atoms with van der Waals surface area (Å²) in [4.78, 5) is 14.7. The second-order valence-electron chi connectivity index (χ2n) is 6.82. The van der Waals surface area contributed by atoms with Crippen LogP contribution in [-0.2, 0) is 21.2 Å². The van der Waals surface area contributed by atoms with Gasteiger partial charge in [-0.05, 0) is 49.4 Å². The number of carbonyl (C=O) groups excluding carboxylic acids is 1. The molecule has 2 aromatic carbocycles. The maximum atomic E-state index is 13.1. The molecule has 0 saturated carbocycles. The van der Waals surface area contributed by atoms with Gasteiger partial charge in [-0.15, -0.1) is 0 Å². The van der Waals surface area contributed by atoms with Crippen LogP contribution in [0.3, 0.4) is 0 Å². The molecule has 8 heteroatoms. The Kier molecular flexibility index (Phi) is 6.99. The first-order valence-electron chi connectivity index (χ1n) is 9.17. The van der Waals surface area contributed by atoms with Crippen LogP contribution in [0.2, 0.25) is 10.0 Å². The summed E-state index contributed by atoms with van der Waals surface area (Å²) in [6.45, 7) is 1.29. The van der Waals surface area contributed by atoms with Gasteiger partial charge in [-0.2, -0.15) is 4.72 Å². The Balaban J connectivity index is 1.89. The van der Waals surface area contributed by atoms with E-state index in [9.17, 15) is 13.2 Å². The van der Waals surface area contributed by atoms with Gasteiger partial charge in [0.05, 0.1) is 5.02 Å². The average Bonchev–Trinajstić information content (AvgIpc) is 2.70. The van der Waals surface area contributed by atoms with Crippen LogP contribution in [0, 0.1) is 0 Å². The van der Waals surface area contributed by atoms with Crippen molar-refractivity contribution in [3.63, 3.8) is 0 Å². The molecule has 1 fully saturated rings. The van der Waals surface area contributed by atoms with E-state index in [4.69, 9.17) is 23.2 Å². The lowest BCUT2D eigenvalue weighted by atomic mass is 10.0. The van der Waals surface area contributed by atoms with Gasteiger partial charge in [-0.3, -0.25) is 4.79 Å². The summed E-state index contributed by atoms with van der Waals surface area (Å²) in [5.74, 6) is -0.217. The number of amides is 1. The summed E-state index contributed by atoms with van der Waals surface area (Å²) in [5.41, 5.74) is 0.873. The highest BCUT2D eigenvalue weighted by Gasteiger charge is 2.31. The molecule has 1 aliphatic heterocycles. The monoisotopic (exact) mass is 440 g/mol. The number of halogens is 2. The van der Waals surface area contributed by atoms with Crippen LogP contribution in [0.15, 0.2) is 53.4 Å². The molecule has 3 rings (SSSR count). The van der Waals surface area contributed by atoms with Crippen LogP contribution < -0.4 is 4.72 Å². The molecule has 0 unspecified atom stereocenters. The second-order valence-corrected chi connectivity index (χ2v) is 9.35. The number of benzene rings is 2. The largest absolute Gasteiger partial charge is 0.341 e. The Labute approximate surface area is 175 Å². The predicted octanol–water partition coefficient (Wildman–Crippen LogP) is 3.90.